The van der Waals surface area contributed by atoms with E-state index in [-0.39, 0.29) is 5.91 Å². The summed E-state index contributed by atoms with van der Waals surface area (Å²) in [7, 11) is 3.72. The number of carbonyl (C=O) groups excluding carboxylic acids is 2. The fourth-order valence-electron chi connectivity index (χ4n) is 3.33. The summed E-state index contributed by atoms with van der Waals surface area (Å²) in [6, 6.07) is 11.1. The molecule has 3 rings (SSSR count). The van der Waals surface area contributed by atoms with Crippen molar-refractivity contribution < 1.29 is 18.7 Å². The van der Waals surface area contributed by atoms with Gasteiger partial charge < -0.3 is 19.0 Å². The van der Waals surface area contributed by atoms with Crippen molar-refractivity contribution in [3.05, 3.63) is 71.4 Å². The summed E-state index contributed by atoms with van der Waals surface area (Å²) in [5.41, 5.74) is 2.20. The fraction of sp³-hybridized carbons (Fsp3) is 0.375. The lowest BCUT2D eigenvalue weighted by Gasteiger charge is -2.16. The standard InChI is InChI=1S/C24H29N3O4/c1-18-10-8-11-19(16-18)22-25-20(24(29)31-22)17-26(2)13-6-4-5-7-14-27(3)23(28)21-12-9-15-30-21/h8-12,15-17H,4-7,13-14H2,1-3H3/b20-17+. The van der Waals surface area contributed by atoms with Gasteiger partial charge in [-0.25, -0.2) is 9.79 Å². The van der Waals surface area contributed by atoms with Crippen LogP contribution in [0.5, 0.6) is 0 Å². The Morgan fingerprint density at radius 3 is 2.55 bits per heavy atom. The number of nitrogens with zero attached hydrogens (tertiary/aromatic N) is 3. The van der Waals surface area contributed by atoms with Gasteiger partial charge in [-0.3, -0.25) is 4.79 Å². The Labute approximate surface area is 183 Å². The normalized spacial score (nSPS) is 14.5. The minimum Gasteiger partial charge on any atom is -0.459 e. The van der Waals surface area contributed by atoms with Crippen LogP contribution >= 0.6 is 0 Å². The number of aliphatic imine (C=N–C) groups is 1. The summed E-state index contributed by atoms with van der Waals surface area (Å²) in [4.78, 5) is 32.2. The SMILES string of the molecule is Cc1cccc(C2=N/C(=C/N(C)CCCCCCN(C)C(=O)c3ccco3)C(=O)O2)c1. The minimum atomic E-state index is -0.424. The van der Waals surface area contributed by atoms with E-state index in [9.17, 15) is 9.59 Å². The van der Waals surface area contributed by atoms with Crippen LogP contribution in [0.2, 0.25) is 0 Å². The lowest BCUT2D eigenvalue weighted by Crippen LogP contribution is -2.27. The number of amides is 1. The van der Waals surface area contributed by atoms with Gasteiger partial charge in [0.15, 0.2) is 11.5 Å². The second-order valence-electron chi connectivity index (χ2n) is 7.79. The zero-order chi connectivity index (χ0) is 22.2. The molecule has 0 N–H and O–H groups in total. The van der Waals surface area contributed by atoms with Crippen LogP contribution in [0.15, 0.2) is 64.0 Å². The first-order valence-corrected chi connectivity index (χ1v) is 10.5. The van der Waals surface area contributed by atoms with Gasteiger partial charge in [0.1, 0.15) is 0 Å². The van der Waals surface area contributed by atoms with E-state index in [1.165, 1.54) is 6.26 Å². The first-order valence-electron chi connectivity index (χ1n) is 10.5. The van der Waals surface area contributed by atoms with Crippen LogP contribution in [0.25, 0.3) is 0 Å². The number of unbranched alkanes of at least 4 members (excludes halogenated alkanes) is 3. The van der Waals surface area contributed by atoms with Gasteiger partial charge in [-0.15, -0.1) is 0 Å². The molecule has 1 aromatic carbocycles. The predicted molar refractivity (Wildman–Crippen MR) is 119 cm³/mol. The molecule has 1 aromatic heterocycles. The van der Waals surface area contributed by atoms with E-state index in [0.717, 1.165) is 43.4 Å². The molecule has 0 unspecified atom stereocenters. The van der Waals surface area contributed by atoms with Gasteiger partial charge in [-0.2, -0.15) is 0 Å². The lowest BCUT2D eigenvalue weighted by atomic mass is 10.1. The monoisotopic (exact) mass is 423 g/mol. The first kappa shape index (κ1) is 22.3. The third-order valence-corrected chi connectivity index (χ3v) is 5.06. The second kappa shape index (κ2) is 10.6. The molecule has 0 bridgehead atoms. The number of aryl methyl sites for hydroxylation is 1. The van der Waals surface area contributed by atoms with Crippen LogP contribution in [0, 0.1) is 6.92 Å². The van der Waals surface area contributed by atoms with E-state index in [1.807, 2.05) is 43.1 Å². The molecule has 164 valence electrons. The number of furan rings is 1. The maximum atomic E-state index is 12.1. The molecule has 7 heteroatoms. The molecule has 2 heterocycles. The number of esters is 1. The van der Waals surface area contributed by atoms with Crippen LogP contribution in [0.1, 0.15) is 47.4 Å². The van der Waals surface area contributed by atoms with E-state index in [0.29, 0.717) is 23.9 Å². The summed E-state index contributed by atoms with van der Waals surface area (Å²) in [6.07, 6.45) is 7.23. The van der Waals surface area contributed by atoms with E-state index in [2.05, 4.69) is 4.99 Å². The van der Waals surface area contributed by atoms with Gasteiger partial charge in [0.05, 0.1) is 6.26 Å². The largest absolute Gasteiger partial charge is 0.459 e. The van der Waals surface area contributed by atoms with Gasteiger partial charge in [-0.05, 0) is 44.0 Å². The molecule has 0 saturated carbocycles. The molecule has 1 amide bonds. The third kappa shape index (κ3) is 6.31. The zero-order valence-corrected chi connectivity index (χ0v) is 18.3. The van der Waals surface area contributed by atoms with Gasteiger partial charge in [0.25, 0.3) is 5.91 Å². The summed E-state index contributed by atoms with van der Waals surface area (Å²) in [5, 5.41) is 0. The number of cyclic esters (lactones) is 1. The second-order valence-corrected chi connectivity index (χ2v) is 7.79. The highest BCUT2D eigenvalue weighted by Gasteiger charge is 2.24. The molecular formula is C24H29N3O4. The highest BCUT2D eigenvalue weighted by Crippen LogP contribution is 2.17. The number of carbonyl (C=O) groups is 2. The minimum absolute atomic E-state index is 0.0922. The number of hydrogen-bond acceptors (Lipinski definition) is 6. The molecule has 7 nitrogen and oxygen atoms in total. The van der Waals surface area contributed by atoms with Crippen molar-refractivity contribution in [2.24, 2.45) is 4.99 Å². The molecule has 0 atom stereocenters. The molecule has 0 aliphatic carbocycles. The van der Waals surface area contributed by atoms with E-state index < -0.39 is 5.97 Å². The number of ether oxygens (including phenoxy) is 1. The van der Waals surface area contributed by atoms with Gasteiger partial charge in [-0.1, -0.05) is 30.5 Å². The quantitative estimate of drug-likeness (QED) is 0.328. The van der Waals surface area contributed by atoms with Gasteiger partial charge in [0.2, 0.25) is 5.90 Å². The van der Waals surface area contributed by atoms with Crippen molar-refractivity contribution >= 4 is 17.8 Å². The smallest absolute Gasteiger partial charge is 0.365 e. The molecule has 0 spiro atoms. The van der Waals surface area contributed by atoms with E-state index in [1.54, 1.807) is 30.3 Å². The van der Waals surface area contributed by atoms with Crippen LogP contribution in [-0.2, 0) is 9.53 Å². The molecule has 1 aliphatic heterocycles. The Morgan fingerprint density at radius 2 is 1.84 bits per heavy atom. The topological polar surface area (TPSA) is 75.4 Å². The van der Waals surface area contributed by atoms with Crippen molar-refractivity contribution in [3.63, 3.8) is 0 Å². The molecule has 1 aliphatic rings. The third-order valence-electron chi connectivity index (χ3n) is 5.06. The van der Waals surface area contributed by atoms with E-state index >= 15 is 0 Å². The molecule has 2 aromatic rings. The lowest BCUT2D eigenvalue weighted by molar-refractivity contribution is -0.130. The number of rotatable bonds is 10. The fourth-order valence-corrected chi connectivity index (χ4v) is 3.33. The molecule has 0 fully saturated rings. The Balaban J connectivity index is 1.38. The molecule has 0 saturated heterocycles. The average Bonchev–Trinajstić information content (AvgIpc) is 3.40. The number of hydrogen-bond donors (Lipinski definition) is 0. The maximum absolute atomic E-state index is 12.1. The highest BCUT2D eigenvalue weighted by atomic mass is 16.6. The zero-order valence-electron chi connectivity index (χ0n) is 18.3. The Bertz CT molecular complexity index is 963. The Kier molecular flexibility index (Phi) is 7.65. The average molecular weight is 424 g/mol. The first-order chi connectivity index (χ1) is 14.9. The number of benzene rings is 1. The summed E-state index contributed by atoms with van der Waals surface area (Å²) >= 11 is 0. The van der Waals surface area contributed by atoms with Gasteiger partial charge in [0, 0.05) is 38.9 Å². The van der Waals surface area contributed by atoms with Crippen molar-refractivity contribution in [3.8, 4) is 0 Å². The Morgan fingerprint density at radius 1 is 1.06 bits per heavy atom. The Hall–Kier alpha value is -3.35. The van der Waals surface area contributed by atoms with Crippen LogP contribution in [-0.4, -0.2) is 54.8 Å². The summed E-state index contributed by atoms with van der Waals surface area (Å²) in [6.45, 7) is 3.50. The van der Waals surface area contributed by atoms with Crippen molar-refractivity contribution in [1.82, 2.24) is 9.80 Å². The van der Waals surface area contributed by atoms with Crippen LogP contribution in [0.3, 0.4) is 0 Å². The summed E-state index contributed by atoms with van der Waals surface area (Å²) < 4.78 is 10.5. The van der Waals surface area contributed by atoms with Crippen molar-refractivity contribution in [1.29, 1.82) is 0 Å². The molecular weight excluding hydrogens is 394 g/mol. The summed E-state index contributed by atoms with van der Waals surface area (Å²) in [5.74, 6) is 0.204. The molecule has 0 radical (unpaired) electrons. The van der Waals surface area contributed by atoms with Crippen molar-refractivity contribution in [2.45, 2.75) is 32.6 Å². The van der Waals surface area contributed by atoms with Crippen LogP contribution < -0.4 is 0 Å². The predicted octanol–water partition coefficient (Wildman–Crippen LogP) is 4.00. The highest BCUT2D eigenvalue weighted by molar-refractivity contribution is 6.11. The van der Waals surface area contributed by atoms with Crippen LogP contribution in [0.4, 0.5) is 0 Å². The van der Waals surface area contributed by atoms with Crippen molar-refractivity contribution in [2.75, 3.05) is 27.2 Å². The maximum Gasteiger partial charge on any atom is 0.365 e. The molecule has 31 heavy (non-hydrogen) atoms. The van der Waals surface area contributed by atoms with Gasteiger partial charge >= 0.3 is 5.97 Å². The van der Waals surface area contributed by atoms with E-state index in [4.69, 9.17) is 9.15 Å².